The first-order chi connectivity index (χ1) is 8.72. The molecule has 0 aliphatic heterocycles. The highest BCUT2D eigenvalue weighted by molar-refractivity contribution is 5.25. The van der Waals surface area contributed by atoms with E-state index in [1.807, 2.05) is 29.9 Å². The molecule has 1 unspecified atom stereocenters. The van der Waals surface area contributed by atoms with E-state index in [9.17, 15) is 0 Å². The summed E-state index contributed by atoms with van der Waals surface area (Å²) in [6.07, 6.45) is 5.47. The number of ether oxygens (including phenoxy) is 1. The first-order valence-electron chi connectivity index (χ1n) is 5.91. The number of nitrogens with zero attached hydrogens (tertiary/aromatic N) is 3. The zero-order chi connectivity index (χ0) is 13.0. The Labute approximate surface area is 107 Å². The molecular weight excluding hydrogens is 228 g/mol. The van der Waals surface area contributed by atoms with Crippen molar-refractivity contribution >= 4 is 0 Å². The summed E-state index contributed by atoms with van der Waals surface area (Å²) >= 11 is 0. The van der Waals surface area contributed by atoms with E-state index in [0.717, 1.165) is 11.4 Å². The van der Waals surface area contributed by atoms with Gasteiger partial charge in [-0.2, -0.15) is 0 Å². The second-order valence-corrected chi connectivity index (χ2v) is 4.17. The highest BCUT2D eigenvalue weighted by Gasteiger charge is 2.11. The predicted octanol–water partition coefficient (Wildman–Crippen LogP) is 1.67. The molecule has 2 aromatic heterocycles. The molecule has 5 heteroatoms. The third-order valence-electron chi connectivity index (χ3n) is 2.89. The van der Waals surface area contributed by atoms with Gasteiger partial charge in [-0.15, -0.1) is 0 Å². The summed E-state index contributed by atoms with van der Waals surface area (Å²) < 4.78 is 7.23. The van der Waals surface area contributed by atoms with Crippen molar-refractivity contribution in [2.75, 3.05) is 7.11 Å². The van der Waals surface area contributed by atoms with E-state index >= 15 is 0 Å². The Bertz CT molecular complexity index is 509. The van der Waals surface area contributed by atoms with Crippen molar-refractivity contribution in [3.05, 3.63) is 42.1 Å². The quantitative estimate of drug-likeness (QED) is 0.872. The van der Waals surface area contributed by atoms with Crippen molar-refractivity contribution in [2.45, 2.75) is 19.5 Å². The molecule has 0 spiro atoms. The molecule has 2 heterocycles. The van der Waals surface area contributed by atoms with Gasteiger partial charge in [0.2, 0.25) is 5.88 Å². The van der Waals surface area contributed by atoms with Gasteiger partial charge in [-0.3, -0.25) is 0 Å². The third-order valence-corrected chi connectivity index (χ3v) is 2.89. The zero-order valence-electron chi connectivity index (χ0n) is 10.9. The Morgan fingerprint density at radius 3 is 2.89 bits per heavy atom. The average Bonchev–Trinajstić information content (AvgIpc) is 2.82. The lowest BCUT2D eigenvalue weighted by Crippen LogP contribution is -2.21. The van der Waals surface area contributed by atoms with E-state index in [1.54, 1.807) is 19.5 Å². The van der Waals surface area contributed by atoms with Gasteiger partial charge in [0, 0.05) is 37.7 Å². The Morgan fingerprint density at radius 2 is 2.22 bits per heavy atom. The lowest BCUT2D eigenvalue weighted by atomic mass is 10.2. The molecule has 2 aromatic rings. The van der Waals surface area contributed by atoms with Gasteiger partial charge in [0.15, 0.2) is 0 Å². The summed E-state index contributed by atoms with van der Waals surface area (Å²) in [4.78, 5) is 8.50. The van der Waals surface area contributed by atoms with Crippen molar-refractivity contribution in [1.82, 2.24) is 19.9 Å². The van der Waals surface area contributed by atoms with Crippen molar-refractivity contribution < 1.29 is 4.74 Å². The maximum atomic E-state index is 5.22. The van der Waals surface area contributed by atoms with Crippen LogP contribution in [-0.2, 0) is 13.6 Å². The van der Waals surface area contributed by atoms with Crippen LogP contribution in [0.4, 0.5) is 0 Å². The Kier molecular flexibility index (Phi) is 3.94. The maximum absolute atomic E-state index is 5.22. The molecule has 0 fully saturated rings. The molecule has 18 heavy (non-hydrogen) atoms. The minimum absolute atomic E-state index is 0.176. The van der Waals surface area contributed by atoms with E-state index in [1.165, 1.54) is 0 Å². The Hall–Kier alpha value is -1.88. The van der Waals surface area contributed by atoms with Crippen molar-refractivity contribution in [1.29, 1.82) is 0 Å². The standard InChI is InChI=1S/C13H18N4O/c1-10(12-14-7-8-17(12)2)16-9-11-5-4-6-15-13(11)18-3/h4-8,10,16H,9H2,1-3H3. The fourth-order valence-electron chi connectivity index (χ4n) is 1.89. The van der Waals surface area contributed by atoms with E-state index in [0.29, 0.717) is 12.4 Å². The maximum Gasteiger partial charge on any atom is 0.217 e. The molecule has 96 valence electrons. The number of pyridine rings is 1. The summed E-state index contributed by atoms with van der Waals surface area (Å²) in [5, 5.41) is 3.41. The third kappa shape index (κ3) is 2.68. The average molecular weight is 246 g/mol. The first-order valence-corrected chi connectivity index (χ1v) is 5.91. The number of imidazole rings is 1. The van der Waals surface area contributed by atoms with Gasteiger partial charge in [0.1, 0.15) is 5.82 Å². The van der Waals surface area contributed by atoms with Gasteiger partial charge in [0.05, 0.1) is 13.2 Å². The number of aromatic nitrogens is 3. The van der Waals surface area contributed by atoms with Gasteiger partial charge in [-0.05, 0) is 13.0 Å². The molecule has 0 aliphatic carbocycles. The molecule has 0 saturated carbocycles. The zero-order valence-corrected chi connectivity index (χ0v) is 10.9. The molecule has 0 radical (unpaired) electrons. The van der Waals surface area contributed by atoms with Crippen LogP contribution >= 0.6 is 0 Å². The molecule has 0 bridgehead atoms. The molecule has 5 nitrogen and oxygen atoms in total. The van der Waals surface area contributed by atoms with Gasteiger partial charge in [-0.25, -0.2) is 9.97 Å². The van der Waals surface area contributed by atoms with Crippen LogP contribution in [0.15, 0.2) is 30.7 Å². The van der Waals surface area contributed by atoms with E-state index in [-0.39, 0.29) is 6.04 Å². The fourth-order valence-corrected chi connectivity index (χ4v) is 1.89. The Balaban J connectivity index is 2.01. The molecule has 0 amide bonds. The van der Waals surface area contributed by atoms with Crippen molar-refractivity contribution in [3.63, 3.8) is 0 Å². The van der Waals surface area contributed by atoms with Crippen LogP contribution in [0.1, 0.15) is 24.4 Å². The smallest absolute Gasteiger partial charge is 0.217 e. The van der Waals surface area contributed by atoms with E-state index in [2.05, 4.69) is 22.2 Å². The van der Waals surface area contributed by atoms with Crippen molar-refractivity contribution in [2.24, 2.45) is 7.05 Å². The monoisotopic (exact) mass is 246 g/mol. The minimum Gasteiger partial charge on any atom is -0.481 e. The molecule has 2 rings (SSSR count). The second-order valence-electron chi connectivity index (χ2n) is 4.17. The lowest BCUT2D eigenvalue weighted by molar-refractivity contribution is 0.388. The van der Waals surface area contributed by atoms with E-state index in [4.69, 9.17) is 4.74 Å². The molecule has 1 N–H and O–H groups in total. The number of nitrogens with one attached hydrogen (secondary N) is 1. The highest BCUT2D eigenvalue weighted by atomic mass is 16.5. The topological polar surface area (TPSA) is 52.0 Å². The van der Waals surface area contributed by atoms with Gasteiger partial charge >= 0.3 is 0 Å². The summed E-state index contributed by atoms with van der Waals surface area (Å²) in [5.41, 5.74) is 1.04. The number of methoxy groups -OCH3 is 1. The number of aryl methyl sites for hydroxylation is 1. The summed E-state index contributed by atoms with van der Waals surface area (Å²) in [6, 6.07) is 4.09. The molecular formula is C13H18N4O. The normalized spacial score (nSPS) is 12.4. The SMILES string of the molecule is COc1ncccc1CNC(C)c1nccn1C. The van der Waals surface area contributed by atoms with Gasteiger partial charge in [0.25, 0.3) is 0 Å². The largest absolute Gasteiger partial charge is 0.481 e. The minimum atomic E-state index is 0.176. The van der Waals surface area contributed by atoms with Crippen LogP contribution in [0.5, 0.6) is 5.88 Å². The lowest BCUT2D eigenvalue weighted by Gasteiger charge is -2.14. The second kappa shape index (κ2) is 5.64. The van der Waals surface area contributed by atoms with Crippen molar-refractivity contribution in [3.8, 4) is 5.88 Å². The molecule has 0 aliphatic rings. The number of hydrogen-bond acceptors (Lipinski definition) is 4. The van der Waals surface area contributed by atoms with Crippen LogP contribution in [0.25, 0.3) is 0 Å². The Morgan fingerprint density at radius 1 is 1.39 bits per heavy atom. The number of hydrogen-bond donors (Lipinski definition) is 1. The van der Waals surface area contributed by atoms with E-state index < -0.39 is 0 Å². The van der Waals surface area contributed by atoms with Crippen LogP contribution in [0.2, 0.25) is 0 Å². The fraction of sp³-hybridized carbons (Fsp3) is 0.385. The molecule has 0 saturated heterocycles. The van der Waals surface area contributed by atoms with Crippen LogP contribution in [0, 0.1) is 0 Å². The summed E-state index contributed by atoms with van der Waals surface area (Å²) in [5.74, 6) is 1.68. The molecule has 0 aromatic carbocycles. The molecule has 1 atom stereocenters. The van der Waals surface area contributed by atoms with Gasteiger partial charge in [-0.1, -0.05) is 6.07 Å². The van der Waals surface area contributed by atoms with Gasteiger partial charge < -0.3 is 14.6 Å². The van der Waals surface area contributed by atoms with Crippen LogP contribution < -0.4 is 10.1 Å². The highest BCUT2D eigenvalue weighted by Crippen LogP contribution is 2.15. The summed E-state index contributed by atoms with van der Waals surface area (Å²) in [6.45, 7) is 2.79. The number of rotatable bonds is 5. The van der Waals surface area contributed by atoms with Crippen LogP contribution in [-0.4, -0.2) is 21.6 Å². The van der Waals surface area contributed by atoms with Crippen LogP contribution in [0.3, 0.4) is 0 Å². The first kappa shape index (κ1) is 12.6. The summed E-state index contributed by atoms with van der Waals surface area (Å²) in [7, 11) is 3.62. The predicted molar refractivity (Wildman–Crippen MR) is 69.3 cm³/mol.